The fourth-order valence-electron chi connectivity index (χ4n) is 3.31. The predicted molar refractivity (Wildman–Crippen MR) is 80.6 cm³/mol. The second-order valence-corrected chi connectivity index (χ2v) is 5.89. The lowest BCUT2D eigenvalue weighted by atomic mass is 9.68. The molecule has 0 fully saturated rings. The number of amides is 1. The first kappa shape index (κ1) is 15.2. The third-order valence-electron chi connectivity index (χ3n) is 4.47. The van der Waals surface area contributed by atoms with Crippen LogP contribution in [0.25, 0.3) is 0 Å². The van der Waals surface area contributed by atoms with E-state index in [4.69, 9.17) is 4.65 Å². The van der Waals surface area contributed by atoms with Crippen molar-refractivity contribution in [3.8, 4) is 0 Å². The van der Waals surface area contributed by atoms with Gasteiger partial charge in [-0.3, -0.25) is 4.79 Å². The minimum absolute atomic E-state index is 0.0569. The Kier molecular flexibility index (Phi) is 3.07. The average Bonchev–Trinajstić information content (AvgIpc) is 2.78. The van der Waals surface area contributed by atoms with E-state index in [2.05, 4.69) is 5.32 Å². The van der Waals surface area contributed by atoms with E-state index in [0.717, 1.165) is 17.7 Å². The van der Waals surface area contributed by atoms with Crippen LogP contribution in [0.4, 0.5) is 18.9 Å². The molecule has 2 aromatic rings. The Hall–Kier alpha value is -2.32. The molecular weight excluding hydrogens is 322 g/mol. The number of carbonyl (C=O) groups excluding carboxylic acids is 1. The lowest BCUT2D eigenvalue weighted by molar-refractivity contribution is -0.137. The topological polar surface area (TPSA) is 58.6 Å². The highest BCUT2D eigenvalue weighted by atomic mass is 19.4. The SMILES string of the molecule is O=C1Nc2cc(C(F)(F)F)ccc2C12Cc1ccccc1B(O)O2. The van der Waals surface area contributed by atoms with Crippen molar-refractivity contribution in [1.29, 1.82) is 0 Å². The molecular formula is C16H11BF3NO3. The van der Waals surface area contributed by atoms with Crippen LogP contribution in [0.5, 0.6) is 0 Å². The number of fused-ring (bicyclic) bond motifs is 3. The maximum atomic E-state index is 12.9. The van der Waals surface area contributed by atoms with Crippen LogP contribution in [-0.2, 0) is 27.6 Å². The monoisotopic (exact) mass is 333 g/mol. The number of halogens is 3. The first-order valence-electron chi connectivity index (χ1n) is 7.28. The van der Waals surface area contributed by atoms with Gasteiger partial charge in [0, 0.05) is 17.7 Å². The van der Waals surface area contributed by atoms with Gasteiger partial charge in [-0.1, -0.05) is 30.3 Å². The van der Waals surface area contributed by atoms with Crippen LogP contribution >= 0.6 is 0 Å². The highest BCUT2D eigenvalue weighted by Crippen LogP contribution is 2.45. The van der Waals surface area contributed by atoms with Crippen LogP contribution in [0.15, 0.2) is 42.5 Å². The summed E-state index contributed by atoms with van der Waals surface area (Å²) in [5.74, 6) is -0.578. The van der Waals surface area contributed by atoms with Crippen LogP contribution in [0.2, 0.25) is 0 Å². The molecule has 4 nitrogen and oxygen atoms in total. The molecule has 2 aliphatic heterocycles. The molecule has 1 spiro atoms. The standard InChI is InChI=1S/C16H11BF3NO3/c18-16(19,20)10-5-6-11-13(7-10)21-14(22)15(11)8-9-3-1-2-4-12(9)17(23)24-15/h1-7,23H,8H2,(H,21,22). The van der Waals surface area contributed by atoms with Crippen molar-refractivity contribution in [2.24, 2.45) is 0 Å². The zero-order valence-corrected chi connectivity index (χ0v) is 12.2. The Morgan fingerprint density at radius 2 is 1.96 bits per heavy atom. The summed E-state index contributed by atoms with van der Waals surface area (Å²) in [4.78, 5) is 12.5. The van der Waals surface area contributed by atoms with Gasteiger partial charge in [-0.25, -0.2) is 0 Å². The Labute approximate surface area is 135 Å². The third-order valence-corrected chi connectivity index (χ3v) is 4.47. The maximum absolute atomic E-state index is 12.9. The molecule has 2 N–H and O–H groups in total. The van der Waals surface area contributed by atoms with E-state index in [-0.39, 0.29) is 12.1 Å². The van der Waals surface area contributed by atoms with Gasteiger partial charge >= 0.3 is 13.3 Å². The van der Waals surface area contributed by atoms with Crippen LogP contribution in [0.1, 0.15) is 16.7 Å². The van der Waals surface area contributed by atoms with Crippen LogP contribution in [0, 0.1) is 0 Å². The number of anilines is 1. The van der Waals surface area contributed by atoms with Gasteiger partial charge in [-0.05, 0) is 23.2 Å². The molecule has 2 heterocycles. The van der Waals surface area contributed by atoms with Gasteiger partial charge in [0.1, 0.15) is 0 Å². The van der Waals surface area contributed by atoms with Crippen molar-refractivity contribution < 1.29 is 27.6 Å². The third kappa shape index (κ3) is 2.07. The van der Waals surface area contributed by atoms with E-state index in [0.29, 0.717) is 11.0 Å². The zero-order valence-electron chi connectivity index (χ0n) is 12.2. The van der Waals surface area contributed by atoms with E-state index in [1.54, 1.807) is 24.3 Å². The number of carbonyl (C=O) groups is 1. The molecule has 1 unspecified atom stereocenters. The summed E-state index contributed by atoms with van der Waals surface area (Å²) in [6.45, 7) is 0. The normalized spacial score (nSPS) is 22.3. The first-order chi connectivity index (χ1) is 11.3. The van der Waals surface area contributed by atoms with Crippen LogP contribution in [0.3, 0.4) is 0 Å². The number of alkyl halides is 3. The highest BCUT2D eigenvalue weighted by Gasteiger charge is 2.53. The zero-order chi connectivity index (χ0) is 17.1. The number of hydrogen-bond donors (Lipinski definition) is 2. The Morgan fingerprint density at radius 1 is 1.21 bits per heavy atom. The molecule has 0 aromatic heterocycles. The van der Waals surface area contributed by atoms with Crippen molar-refractivity contribution in [3.63, 3.8) is 0 Å². The predicted octanol–water partition coefficient (Wildman–Crippen LogP) is 1.81. The van der Waals surface area contributed by atoms with Gasteiger partial charge in [0.2, 0.25) is 0 Å². The molecule has 2 aromatic carbocycles. The molecule has 4 rings (SSSR count). The molecule has 0 saturated carbocycles. The molecule has 0 radical (unpaired) electrons. The smallest absolute Gasteiger partial charge is 0.423 e. The minimum Gasteiger partial charge on any atom is -0.423 e. The minimum atomic E-state index is -4.50. The summed E-state index contributed by atoms with van der Waals surface area (Å²) in [7, 11) is -1.33. The lowest BCUT2D eigenvalue weighted by Crippen LogP contribution is -2.54. The van der Waals surface area contributed by atoms with Crippen molar-refractivity contribution in [2.75, 3.05) is 5.32 Å². The Balaban J connectivity index is 1.83. The fourth-order valence-corrected chi connectivity index (χ4v) is 3.31. The summed E-state index contributed by atoms with van der Waals surface area (Å²) in [6, 6.07) is 9.99. The molecule has 1 amide bonds. The molecule has 122 valence electrons. The molecule has 1 atom stereocenters. The van der Waals surface area contributed by atoms with Gasteiger partial charge in [0.05, 0.1) is 5.56 Å². The maximum Gasteiger partial charge on any atom is 0.492 e. The fraction of sp³-hybridized carbons (Fsp3) is 0.188. The van der Waals surface area contributed by atoms with E-state index in [1.165, 1.54) is 6.07 Å². The summed E-state index contributed by atoms with van der Waals surface area (Å²) >= 11 is 0. The summed E-state index contributed by atoms with van der Waals surface area (Å²) in [5, 5.41) is 12.7. The van der Waals surface area contributed by atoms with Gasteiger partial charge in [-0.15, -0.1) is 0 Å². The summed E-state index contributed by atoms with van der Waals surface area (Å²) in [6.07, 6.45) is -4.36. The highest BCUT2D eigenvalue weighted by molar-refractivity contribution is 6.61. The van der Waals surface area contributed by atoms with Gasteiger partial charge < -0.3 is 15.0 Å². The summed E-state index contributed by atoms with van der Waals surface area (Å²) in [5.41, 5.74) is -0.742. The van der Waals surface area contributed by atoms with Gasteiger partial charge in [0.25, 0.3) is 5.91 Å². The molecule has 0 bridgehead atoms. The average molecular weight is 333 g/mol. The van der Waals surface area contributed by atoms with Crippen LogP contribution < -0.4 is 10.8 Å². The first-order valence-corrected chi connectivity index (χ1v) is 7.28. The van der Waals surface area contributed by atoms with E-state index in [1.807, 2.05) is 0 Å². The number of rotatable bonds is 0. The van der Waals surface area contributed by atoms with Crippen LogP contribution in [-0.4, -0.2) is 18.0 Å². The largest absolute Gasteiger partial charge is 0.492 e. The van der Waals surface area contributed by atoms with Crippen molar-refractivity contribution in [1.82, 2.24) is 0 Å². The summed E-state index contributed by atoms with van der Waals surface area (Å²) < 4.78 is 44.2. The second kappa shape index (κ2) is 4.84. The van der Waals surface area contributed by atoms with Gasteiger partial charge in [-0.2, -0.15) is 13.2 Å². The second-order valence-electron chi connectivity index (χ2n) is 5.89. The van der Waals surface area contributed by atoms with Crippen molar-refractivity contribution in [2.45, 2.75) is 18.2 Å². The van der Waals surface area contributed by atoms with E-state index in [9.17, 15) is 23.0 Å². The molecule has 8 heteroatoms. The quantitative estimate of drug-likeness (QED) is 0.723. The van der Waals surface area contributed by atoms with Crippen molar-refractivity contribution >= 4 is 24.2 Å². The van der Waals surface area contributed by atoms with E-state index < -0.39 is 30.4 Å². The molecule has 0 aliphatic carbocycles. The number of hydrogen-bond acceptors (Lipinski definition) is 3. The molecule has 0 saturated heterocycles. The van der Waals surface area contributed by atoms with E-state index >= 15 is 0 Å². The van der Waals surface area contributed by atoms with Crippen molar-refractivity contribution in [3.05, 3.63) is 59.2 Å². The Bertz CT molecular complexity index is 855. The lowest BCUT2D eigenvalue weighted by Gasteiger charge is -2.35. The number of nitrogens with one attached hydrogen (secondary N) is 1. The molecule has 2 aliphatic rings. The number of benzene rings is 2. The molecule has 24 heavy (non-hydrogen) atoms. The Morgan fingerprint density at radius 3 is 2.71 bits per heavy atom. The van der Waals surface area contributed by atoms with Gasteiger partial charge in [0.15, 0.2) is 5.60 Å².